The van der Waals surface area contributed by atoms with Crippen LogP contribution in [0.25, 0.3) is 0 Å². The van der Waals surface area contributed by atoms with E-state index >= 15 is 0 Å². The van der Waals surface area contributed by atoms with Gasteiger partial charge in [-0.2, -0.15) is 5.10 Å². The molecule has 0 aliphatic rings. The zero-order valence-corrected chi connectivity index (χ0v) is 9.93. The Labute approximate surface area is 87.6 Å². The quantitative estimate of drug-likeness (QED) is 0.883. The van der Waals surface area contributed by atoms with Crippen molar-refractivity contribution in [1.82, 2.24) is 15.1 Å². The Morgan fingerprint density at radius 2 is 2.31 bits per heavy atom. The Balaban J connectivity index is 3.01. The van der Waals surface area contributed by atoms with Gasteiger partial charge in [0.1, 0.15) is 0 Å². The van der Waals surface area contributed by atoms with Crippen LogP contribution in [0.1, 0.15) is 32.0 Å². The molecule has 1 rings (SSSR count). The molecule has 4 heteroatoms. The highest BCUT2D eigenvalue weighted by Gasteiger charge is 2.15. The molecule has 1 N–H and O–H groups in total. The summed E-state index contributed by atoms with van der Waals surface area (Å²) in [7, 11) is 1.98. The van der Waals surface area contributed by atoms with Gasteiger partial charge in [-0.1, -0.05) is 6.92 Å². The Hall–Kier alpha value is -0.350. The average molecular weight is 246 g/mol. The SMILES string of the molecule is CCC(NC)c1c(Br)cnn1CC. The summed E-state index contributed by atoms with van der Waals surface area (Å²) in [6.07, 6.45) is 2.93. The first-order valence-electron chi connectivity index (χ1n) is 4.63. The van der Waals surface area contributed by atoms with Crippen LogP contribution in [0, 0.1) is 0 Å². The summed E-state index contributed by atoms with van der Waals surface area (Å²) in [6, 6.07) is 0.386. The van der Waals surface area contributed by atoms with Crippen LogP contribution in [0.3, 0.4) is 0 Å². The normalized spacial score (nSPS) is 13.2. The Morgan fingerprint density at radius 3 is 2.77 bits per heavy atom. The predicted octanol–water partition coefficient (Wildman–Crippen LogP) is 2.34. The Morgan fingerprint density at radius 1 is 1.62 bits per heavy atom. The first-order chi connectivity index (χ1) is 6.24. The van der Waals surface area contributed by atoms with Crippen LogP contribution in [0.15, 0.2) is 10.7 Å². The zero-order chi connectivity index (χ0) is 9.84. The smallest absolute Gasteiger partial charge is 0.0695 e. The topological polar surface area (TPSA) is 29.9 Å². The molecular formula is C9H16BrN3. The van der Waals surface area contributed by atoms with Gasteiger partial charge in [-0.3, -0.25) is 4.68 Å². The van der Waals surface area contributed by atoms with Crippen molar-refractivity contribution in [2.24, 2.45) is 0 Å². The van der Waals surface area contributed by atoms with Crippen molar-refractivity contribution in [3.05, 3.63) is 16.4 Å². The Bertz CT molecular complexity index is 266. The minimum atomic E-state index is 0.386. The fourth-order valence-corrected chi connectivity index (χ4v) is 2.08. The van der Waals surface area contributed by atoms with Gasteiger partial charge in [0, 0.05) is 12.6 Å². The van der Waals surface area contributed by atoms with E-state index in [4.69, 9.17) is 0 Å². The van der Waals surface area contributed by atoms with Crippen LogP contribution >= 0.6 is 15.9 Å². The van der Waals surface area contributed by atoms with Gasteiger partial charge in [-0.05, 0) is 36.3 Å². The zero-order valence-electron chi connectivity index (χ0n) is 8.34. The summed E-state index contributed by atoms with van der Waals surface area (Å²) in [5, 5.41) is 7.56. The molecule has 13 heavy (non-hydrogen) atoms. The molecule has 74 valence electrons. The molecule has 0 aliphatic carbocycles. The van der Waals surface area contributed by atoms with E-state index in [9.17, 15) is 0 Å². The van der Waals surface area contributed by atoms with Crippen molar-refractivity contribution in [2.75, 3.05) is 7.05 Å². The van der Waals surface area contributed by atoms with Gasteiger partial charge in [-0.15, -0.1) is 0 Å². The van der Waals surface area contributed by atoms with E-state index in [2.05, 4.69) is 40.2 Å². The number of hydrogen-bond donors (Lipinski definition) is 1. The maximum Gasteiger partial charge on any atom is 0.0695 e. The minimum absolute atomic E-state index is 0.386. The van der Waals surface area contributed by atoms with E-state index in [1.165, 1.54) is 5.69 Å². The summed E-state index contributed by atoms with van der Waals surface area (Å²) in [5.74, 6) is 0. The standard InChI is InChI=1S/C9H16BrN3/c1-4-8(11-3)9-7(10)6-12-13(9)5-2/h6,8,11H,4-5H2,1-3H3. The number of hydrogen-bond acceptors (Lipinski definition) is 2. The van der Waals surface area contributed by atoms with E-state index in [0.717, 1.165) is 17.4 Å². The van der Waals surface area contributed by atoms with Crippen LogP contribution in [0.4, 0.5) is 0 Å². The second-order valence-corrected chi connectivity index (χ2v) is 3.80. The Kier molecular flexibility index (Phi) is 3.93. The van der Waals surface area contributed by atoms with Gasteiger partial charge in [-0.25, -0.2) is 0 Å². The highest BCUT2D eigenvalue weighted by Crippen LogP contribution is 2.24. The minimum Gasteiger partial charge on any atom is -0.312 e. The largest absolute Gasteiger partial charge is 0.312 e. The van der Waals surface area contributed by atoms with Crippen molar-refractivity contribution in [2.45, 2.75) is 32.9 Å². The predicted molar refractivity (Wildman–Crippen MR) is 57.7 cm³/mol. The fraction of sp³-hybridized carbons (Fsp3) is 0.667. The molecule has 3 nitrogen and oxygen atoms in total. The molecule has 0 aromatic carbocycles. The van der Waals surface area contributed by atoms with E-state index in [1.54, 1.807) is 0 Å². The number of nitrogens with zero attached hydrogens (tertiary/aromatic N) is 2. The first-order valence-corrected chi connectivity index (χ1v) is 5.42. The summed E-state index contributed by atoms with van der Waals surface area (Å²) in [6.45, 7) is 5.19. The third kappa shape index (κ3) is 2.11. The lowest BCUT2D eigenvalue weighted by Crippen LogP contribution is -2.19. The molecule has 0 aliphatic heterocycles. The monoisotopic (exact) mass is 245 g/mol. The molecule has 1 heterocycles. The summed E-state index contributed by atoms with van der Waals surface area (Å²) in [4.78, 5) is 0. The van der Waals surface area contributed by atoms with Crippen LogP contribution < -0.4 is 5.32 Å². The van der Waals surface area contributed by atoms with E-state index in [0.29, 0.717) is 6.04 Å². The third-order valence-corrected chi connectivity index (χ3v) is 2.83. The lowest BCUT2D eigenvalue weighted by molar-refractivity contribution is 0.503. The summed E-state index contributed by atoms with van der Waals surface area (Å²) < 4.78 is 3.12. The van der Waals surface area contributed by atoms with Gasteiger partial charge < -0.3 is 5.32 Å². The molecule has 0 radical (unpaired) electrons. The van der Waals surface area contributed by atoms with Crippen molar-refractivity contribution in [3.8, 4) is 0 Å². The van der Waals surface area contributed by atoms with Crippen molar-refractivity contribution in [3.63, 3.8) is 0 Å². The summed E-state index contributed by atoms with van der Waals surface area (Å²) in [5.41, 5.74) is 1.24. The second kappa shape index (κ2) is 4.77. The van der Waals surface area contributed by atoms with Crippen LogP contribution in [-0.2, 0) is 6.54 Å². The number of rotatable bonds is 4. The molecule has 1 unspecified atom stereocenters. The number of aromatic nitrogens is 2. The van der Waals surface area contributed by atoms with Gasteiger partial charge in [0.15, 0.2) is 0 Å². The molecule has 1 aromatic heterocycles. The molecule has 0 saturated carbocycles. The lowest BCUT2D eigenvalue weighted by atomic mass is 10.1. The van der Waals surface area contributed by atoms with E-state index in [1.807, 2.05) is 17.9 Å². The molecule has 0 spiro atoms. The molecule has 0 bridgehead atoms. The molecule has 0 fully saturated rings. The number of nitrogens with one attached hydrogen (secondary N) is 1. The molecule has 0 saturated heterocycles. The maximum atomic E-state index is 4.28. The van der Waals surface area contributed by atoms with E-state index in [-0.39, 0.29) is 0 Å². The average Bonchev–Trinajstić information content (AvgIpc) is 2.51. The molecule has 1 aromatic rings. The second-order valence-electron chi connectivity index (χ2n) is 2.94. The van der Waals surface area contributed by atoms with Crippen molar-refractivity contribution in [1.29, 1.82) is 0 Å². The summed E-state index contributed by atoms with van der Waals surface area (Å²) >= 11 is 3.52. The third-order valence-electron chi connectivity index (χ3n) is 2.22. The van der Waals surface area contributed by atoms with Gasteiger partial charge in [0.05, 0.1) is 16.4 Å². The lowest BCUT2D eigenvalue weighted by Gasteiger charge is -2.15. The number of aryl methyl sites for hydroxylation is 1. The maximum absolute atomic E-state index is 4.28. The fourth-order valence-electron chi connectivity index (χ4n) is 1.50. The van der Waals surface area contributed by atoms with Gasteiger partial charge >= 0.3 is 0 Å². The highest BCUT2D eigenvalue weighted by atomic mass is 79.9. The van der Waals surface area contributed by atoms with Gasteiger partial charge in [0.2, 0.25) is 0 Å². The van der Waals surface area contributed by atoms with Crippen LogP contribution in [0.5, 0.6) is 0 Å². The van der Waals surface area contributed by atoms with Gasteiger partial charge in [0.25, 0.3) is 0 Å². The molecular weight excluding hydrogens is 230 g/mol. The molecule has 0 amide bonds. The van der Waals surface area contributed by atoms with E-state index < -0.39 is 0 Å². The molecule has 1 atom stereocenters. The highest BCUT2D eigenvalue weighted by molar-refractivity contribution is 9.10. The first kappa shape index (κ1) is 10.7. The number of halogens is 1. The van der Waals surface area contributed by atoms with Crippen molar-refractivity contribution < 1.29 is 0 Å². The van der Waals surface area contributed by atoms with Crippen LogP contribution in [-0.4, -0.2) is 16.8 Å². The van der Waals surface area contributed by atoms with Crippen molar-refractivity contribution >= 4 is 15.9 Å². The van der Waals surface area contributed by atoms with Crippen LogP contribution in [0.2, 0.25) is 0 Å².